The summed E-state index contributed by atoms with van der Waals surface area (Å²) < 4.78 is 5.69. The Kier molecular flexibility index (Phi) is 5.65. The van der Waals surface area contributed by atoms with Crippen LogP contribution in [-0.2, 0) is 0 Å². The van der Waals surface area contributed by atoms with Gasteiger partial charge in [0.1, 0.15) is 5.75 Å². The zero-order chi connectivity index (χ0) is 15.3. The lowest BCUT2D eigenvalue weighted by Gasteiger charge is -2.36. The van der Waals surface area contributed by atoms with Crippen LogP contribution >= 0.6 is 0 Å². The van der Waals surface area contributed by atoms with E-state index in [0.717, 1.165) is 30.6 Å². The number of nitrogens with one attached hydrogen (secondary N) is 1. The van der Waals surface area contributed by atoms with Crippen LogP contribution in [0.2, 0.25) is 0 Å². The number of rotatable bonds is 6. The zero-order valence-corrected chi connectivity index (χ0v) is 13.6. The maximum atomic E-state index is 10.7. The fourth-order valence-electron chi connectivity index (χ4n) is 3.37. The highest BCUT2D eigenvalue weighted by Gasteiger charge is 2.32. The molecule has 1 aromatic rings. The second kappa shape index (κ2) is 7.28. The molecule has 3 atom stereocenters. The summed E-state index contributed by atoms with van der Waals surface area (Å²) in [6.45, 7) is 7.69. The first-order valence-electron chi connectivity index (χ1n) is 8.21. The molecule has 0 amide bonds. The van der Waals surface area contributed by atoms with Crippen LogP contribution in [0.25, 0.3) is 0 Å². The number of ether oxygens (including phenoxy) is 1. The maximum absolute atomic E-state index is 10.7. The lowest BCUT2D eigenvalue weighted by molar-refractivity contribution is -0.0134. The highest BCUT2D eigenvalue weighted by molar-refractivity contribution is 5.35. The van der Waals surface area contributed by atoms with E-state index in [-0.39, 0.29) is 6.04 Å². The van der Waals surface area contributed by atoms with Gasteiger partial charge in [-0.15, -0.1) is 0 Å². The molecule has 2 rings (SSSR count). The number of hydrogen-bond donors (Lipinski definition) is 2. The molecule has 1 fully saturated rings. The summed E-state index contributed by atoms with van der Waals surface area (Å²) in [4.78, 5) is 0. The molecule has 3 heteroatoms. The molecule has 1 saturated carbocycles. The van der Waals surface area contributed by atoms with Gasteiger partial charge in [-0.05, 0) is 38.7 Å². The summed E-state index contributed by atoms with van der Waals surface area (Å²) in [5.41, 5.74) is 0.610. The van der Waals surface area contributed by atoms with Crippen molar-refractivity contribution in [2.45, 2.75) is 58.1 Å². The molecule has 0 aliphatic heterocycles. The smallest absolute Gasteiger partial charge is 0.124 e. The molecule has 0 spiro atoms. The van der Waals surface area contributed by atoms with Gasteiger partial charge in [0.15, 0.2) is 0 Å². The third-order valence-electron chi connectivity index (χ3n) is 4.49. The highest BCUT2D eigenvalue weighted by atomic mass is 16.5. The van der Waals surface area contributed by atoms with E-state index in [1.807, 2.05) is 25.1 Å². The Bertz CT molecular complexity index is 449. The van der Waals surface area contributed by atoms with E-state index in [2.05, 4.69) is 25.2 Å². The zero-order valence-electron chi connectivity index (χ0n) is 13.6. The van der Waals surface area contributed by atoms with Crippen LogP contribution in [-0.4, -0.2) is 23.9 Å². The Hall–Kier alpha value is -1.06. The molecule has 0 bridgehead atoms. The molecule has 0 aromatic heterocycles. The van der Waals surface area contributed by atoms with E-state index in [4.69, 9.17) is 4.74 Å². The predicted molar refractivity (Wildman–Crippen MR) is 86.6 cm³/mol. The van der Waals surface area contributed by atoms with Crippen LogP contribution in [0.3, 0.4) is 0 Å². The standard InChI is InChI=1S/C18H29NO2/c1-4-21-17-10-6-5-9-16(17)15(3)19-13-18(20)11-7-8-14(2)12-18/h5-6,9-10,14-15,19-20H,4,7-8,11-13H2,1-3H3. The molecule has 3 nitrogen and oxygen atoms in total. The van der Waals surface area contributed by atoms with Crippen molar-refractivity contribution in [3.63, 3.8) is 0 Å². The lowest BCUT2D eigenvalue weighted by atomic mass is 9.79. The van der Waals surface area contributed by atoms with Crippen LogP contribution in [0.1, 0.15) is 58.1 Å². The van der Waals surface area contributed by atoms with Gasteiger partial charge in [-0.2, -0.15) is 0 Å². The van der Waals surface area contributed by atoms with Crippen LogP contribution in [0, 0.1) is 5.92 Å². The molecule has 3 unspecified atom stereocenters. The van der Waals surface area contributed by atoms with Crippen LogP contribution in [0.4, 0.5) is 0 Å². The third-order valence-corrected chi connectivity index (χ3v) is 4.49. The van der Waals surface area contributed by atoms with Crippen molar-refractivity contribution in [2.75, 3.05) is 13.2 Å². The average molecular weight is 291 g/mol. The molecule has 21 heavy (non-hydrogen) atoms. The summed E-state index contributed by atoms with van der Waals surface area (Å²) in [7, 11) is 0. The first kappa shape index (κ1) is 16.3. The van der Waals surface area contributed by atoms with Crippen molar-refractivity contribution < 1.29 is 9.84 Å². The van der Waals surface area contributed by atoms with E-state index in [1.54, 1.807) is 0 Å². The fraction of sp³-hybridized carbons (Fsp3) is 0.667. The van der Waals surface area contributed by atoms with E-state index in [9.17, 15) is 5.11 Å². The van der Waals surface area contributed by atoms with Crippen molar-refractivity contribution in [1.29, 1.82) is 0 Å². The average Bonchev–Trinajstić information content (AvgIpc) is 2.46. The molecule has 118 valence electrons. The van der Waals surface area contributed by atoms with Crippen LogP contribution in [0.15, 0.2) is 24.3 Å². The molecular weight excluding hydrogens is 262 g/mol. The van der Waals surface area contributed by atoms with Crippen molar-refractivity contribution in [3.05, 3.63) is 29.8 Å². The van der Waals surface area contributed by atoms with Gasteiger partial charge >= 0.3 is 0 Å². The third kappa shape index (κ3) is 4.45. The largest absolute Gasteiger partial charge is 0.494 e. The van der Waals surface area contributed by atoms with Gasteiger partial charge in [0, 0.05) is 18.2 Å². The molecule has 1 aliphatic rings. The van der Waals surface area contributed by atoms with Gasteiger partial charge in [0.05, 0.1) is 12.2 Å². The molecule has 2 N–H and O–H groups in total. The summed E-state index contributed by atoms with van der Waals surface area (Å²) in [6, 6.07) is 8.31. The Labute approximate surface area is 128 Å². The number of benzene rings is 1. The van der Waals surface area contributed by atoms with Gasteiger partial charge in [0.2, 0.25) is 0 Å². The summed E-state index contributed by atoms with van der Waals surface area (Å²) in [6.07, 6.45) is 4.18. The van der Waals surface area contributed by atoms with Crippen molar-refractivity contribution >= 4 is 0 Å². The summed E-state index contributed by atoms with van der Waals surface area (Å²) >= 11 is 0. The van der Waals surface area contributed by atoms with E-state index in [0.29, 0.717) is 19.1 Å². The number of aliphatic hydroxyl groups is 1. The Morgan fingerprint density at radius 1 is 1.43 bits per heavy atom. The van der Waals surface area contributed by atoms with Gasteiger partial charge in [0.25, 0.3) is 0 Å². The molecule has 1 aromatic carbocycles. The van der Waals surface area contributed by atoms with E-state index >= 15 is 0 Å². The van der Waals surface area contributed by atoms with E-state index < -0.39 is 5.60 Å². The van der Waals surface area contributed by atoms with Gasteiger partial charge < -0.3 is 15.2 Å². The molecular formula is C18H29NO2. The van der Waals surface area contributed by atoms with E-state index in [1.165, 1.54) is 6.42 Å². The Morgan fingerprint density at radius 2 is 2.19 bits per heavy atom. The molecule has 0 saturated heterocycles. The fourth-order valence-corrected chi connectivity index (χ4v) is 3.37. The maximum Gasteiger partial charge on any atom is 0.124 e. The molecule has 1 aliphatic carbocycles. The van der Waals surface area contributed by atoms with Gasteiger partial charge in [-0.1, -0.05) is 38.0 Å². The summed E-state index contributed by atoms with van der Waals surface area (Å²) in [5, 5.41) is 14.2. The van der Waals surface area contributed by atoms with Gasteiger partial charge in [-0.25, -0.2) is 0 Å². The summed E-state index contributed by atoms with van der Waals surface area (Å²) in [5.74, 6) is 1.56. The van der Waals surface area contributed by atoms with Gasteiger partial charge in [-0.3, -0.25) is 0 Å². The van der Waals surface area contributed by atoms with Crippen molar-refractivity contribution in [3.8, 4) is 5.75 Å². The van der Waals surface area contributed by atoms with Crippen LogP contribution in [0.5, 0.6) is 5.75 Å². The predicted octanol–water partition coefficient (Wildman–Crippen LogP) is 3.68. The SMILES string of the molecule is CCOc1ccccc1C(C)NCC1(O)CCCC(C)C1. The second-order valence-electron chi connectivity index (χ2n) is 6.50. The molecule has 0 heterocycles. The normalized spacial score (nSPS) is 27.3. The monoisotopic (exact) mass is 291 g/mol. The topological polar surface area (TPSA) is 41.5 Å². The van der Waals surface area contributed by atoms with Crippen molar-refractivity contribution in [1.82, 2.24) is 5.32 Å². The number of hydrogen-bond acceptors (Lipinski definition) is 3. The second-order valence-corrected chi connectivity index (χ2v) is 6.50. The van der Waals surface area contributed by atoms with Crippen LogP contribution < -0.4 is 10.1 Å². The highest BCUT2D eigenvalue weighted by Crippen LogP contribution is 2.32. The molecule has 0 radical (unpaired) electrons. The minimum atomic E-state index is -0.549. The lowest BCUT2D eigenvalue weighted by Crippen LogP contribution is -2.44. The first-order valence-corrected chi connectivity index (χ1v) is 8.21. The quantitative estimate of drug-likeness (QED) is 0.840. The minimum Gasteiger partial charge on any atom is -0.494 e. The number of para-hydroxylation sites is 1. The first-order chi connectivity index (χ1) is 10.0. The minimum absolute atomic E-state index is 0.175. The van der Waals surface area contributed by atoms with Crippen molar-refractivity contribution in [2.24, 2.45) is 5.92 Å². The Balaban J connectivity index is 1.96. The Morgan fingerprint density at radius 3 is 2.90 bits per heavy atom.